The third kappa shape index (κ3) is 2.74. The molecule has 4 heteroatoms. The van der Waals surface area contributed by atoms with Gasteiger partial charge in [0.05, 0.1) is 32.3 Å². The molecule has 2 fully saturated rings. The summed E-state index contributed by atoms with van der Waals surface area (Å²) in [6.07, 6.45) is 4.59. The van der Waals surface area contributed by atoms with Crippen LogP contribution in [0.4, 0.5) is 0 Å². The normalized spacial score (nSPS) is 27.4. The minimum Gasteiger partial charge on any atom is -0.469 e. The molecule has 2 rings (SSSR count). The smallest absolute Gasteiger partial charge is 0.308 e. The van der Waals surface area contributed by atoms with Crippen molar-refractivity contribution in [3.05, 3.63) is 0 Å². The van der Waals surface area contributed by atoms with Gasteiger partial charge in [-0.2, -0.15) is 0 Å². The molecule has 1 aliphatic heterocycles. The molecule has 0 radical (unpaired) electrons. The van der Waals surface area contributed by atoms with E-state index in [9.17, 15) is 4.79 Å². The summed E-state index contributed by atoms with van der Waals surface area (Å²) >= 11 is 0. The summed E-state index contributed by atoms with van der Waals surface area (Å²) < 4.78 is 16.0. The van der Waals surface area contributed by atoms with Crippen molar-refractivity contribution >= 4 is 5.97 Å². The number of carbonyl (C=O) groups is 1. The molecule has 1 atom stereocenters. The summed E-state index contributed by atoms with van der Waals surface area (Å²) in [5.41, 5.74) is -0.227. The number of methoxy groups -OCH3 is 1. The Hall–Kier alpha value is -0.610. The fourth-order valence-electron chi connectivity index (χ4n) is 2.29. The lowest BCUT2D eigenvalue weighted by molar-refractivity contribution is -0.159. The predicted octanol–water partition coefficient (Wildman–Crippen LogP) is 1.53. The Labute approximate surface area is 96.2 Å². The topological polar surface area (TPSA) is 44.8 Å². The van der Waals surface area contributed by atoms with Crippen molar-refractivity contribution in [1.82, 2.24) is 0 Å². The monoisotopic (exact) mass is 228 g/mol. The zero-order valence-corrected chi connectivity index (χ0v) is 9.87. The first-order chi connectivity index (χ1) is 7.74. The number of carbonyl (C=O) groups excluding carboxylic acids is 1. The SMILES string of the molecule is COC(=O)CC1(OCC2CCOC2)CCC1. The lowest BCUT2D eigenvalue weighted by atomic mass is 9.77. The van der Waals surface area contributed by atoms with Crippen molar-refractivity contribution in [3.8, 4) is 0 Å². The van der Waals surface area contributed by atoms with Crippen LogP contribution in [0.3, 0.4) is 0 Å². The molecule has 92 valence electrons. The van der Waals surface area contributed by atoms with Gasteiger partial charge >= 0.3 is 5.97 Å². The van der Waals surface area contributed by atoms with E-state index >= 15 is 0 Å². The van der Waals surface area contributed by atoms with E-state index < -0.39 is 0 Å². The van der Waals surface area contributed by atoms with E-state index in [1.165, 1.54) is 7.11 Å². The highest BCUT2D eigenvalue weighted by Gasteiger charge is 2.41. The third-order valence-electron chi connectivity index (χ3n) is 3.61. The largest absolute Gasteiger partial charge is 0.469 e. The highest BCUT2D eigenvalue weighted by atomic mass is 16.5. The van der Waals surface area contributed by atoms with Crippen LogP contribution in [-0.4, -0.2) is 38.5 Å². The summed E-state index contributed by atoms with van der Waals surface area (Å²) in [5.74, 6) is 0.345. The van der Waals surface area contributed by atoms with Crippen molar-refractivity contribution in [2.45, 2.75) is 37.7 Å². The van der Waals surface area contributed by atoms with E-state index in [0.29, 0.717) is 12.3 Å². The Morgan fingerprint density at radius 3 is 2.81 bits per heavy atom. The lowest BCUT2D eigenvalue weighted by Gasteiger charge is -2.41. The van der Waals surface area contributed by atoms with E-state index in [0.717, 1.165) is 45.5 Å². The molecular formula is C12H20O4. The highest BCUT2D eigenvalue weighted by molar-refractivity contribution is 5.70. The summed E-state index contributed by atoms with van der Waals surface area (Å²) in [7, 11) is 1.43. The molecule has 0 aromatic heterocycles. The van der Waals surface area contributed by atoms with E-state index in [2.05, 4.69) is 0 Å². The van der Waals surface area contributed by atoms with Gasteiger partial charge in [-0.25, -0.2) is 0 Å². The van der Waals surface area contributed by atoms with Gasteiger partial charge < -0.3 is 14.2 Å². The van der Waals surface area contributed by atoms with Crippen LogP contribution in [0.5, 0.6) is 0 Å². The van der Waals surface area contributed by atoms with E-state index in [4.69, 9.17) is 14.2 Å². The van der Waals surface area contributed by atoms with Gasteiger partial charge in [0.2, 0.25) is 0 Å². The first kappa shape index (κ1) is 11.9. The Bertz CT molecular complexity index is 241. The van der Waals surface area contributed by atoms with Crippen molar-refractivity contribution in [2.75, 3.05) is 26.9 Å². The van der Waals surface area contributed by atoms with Gasteiger partial charge in [-0.05, 0) is 25.7 Å². The van der Waals surface area contributed by atoms with Gasteiger partial charge in [-0.15, -0.1) is 0 Å². The second-order valence-corrected chi connectivity index (χ2v) is 4.83. The van der Waals surface area contributed by atoms with Crippen LogP contribution in [-0.2, 0) is 19.0 Å². The van der Waals surface area contributed by atoms with Gasteiger partial charge in [0.1, 0.15) is 0 Å². The van der Waals surface area contributed by atoms with Gasteiger partial charge in [0, 0.05) is 12.5 Å². The van der Waals surface area contributed by atoms with E-state index in [1.807, 2.05) is 0 Å². The van der Waals surface area contributed by atoms with E-state index in [-0.39, 0.29) is 11.6 Å². The Morgan fingerprint density at radius 1 is 1.50 bits per heavy atom. The van der Waals surface area contributed by atoms with Gasteiger partial charge in [0.15, 0.2) is 0 Å². The van der Waals surface area contributed by atoms with Crippen LogP contribution < -0.4 is 0 Å². The van der Waals surface area contributed by atoms with Crippen molar-refractivity contribution in [2.24, 2.45) is 5.92 Å². The second-order valence-electron chi connectivity index (χ2n) is 4.83. The van der Waals surface area contributed by atoms with Crippen LogP contribution in [0.25, 0.3) is 0 Å². The summed E-state index contributed by atoms with van der Waals surface area (Å²) in [6.45, 7) is 2.36. The maximum Gasteiger partial charge on any atom is 0.308 e. The molecule has 0 aromatic rings. The van der Waals surface area contributed by atoms with Crippen LogP contribution in [0.2, 0.25) is 0 Å². The van der Waals surface area contributed by atoms with Crippen molar-refractivity contribution in [1.29, 1.82) is 0 Å². The van der Waals surface area contributed by atoms with Crippen LogP contribution >= 0.6 is 0 Å². The minimum absolute atomic E-state index is 0.164. The van der Waals surface area contributed by atoms with Gasteiger partial charge in [0.25, 0.3) is 0 Å². The molecule has 0 amide bonds. The van der Waals surface area contributed by atoms with Crippen LogP contribution in [0, 0.1) is 5.92 Å². The summed E-state index contributed by atoms with van der Waals surface area (Å²) in [5, 5.41) is 0. The lowest BCUT2D eigenvalue weighted by Crippen LogP contribution is -2.43. The standard InChI is InChI=1S/C12H20O4/c1-14-11(13)7-12(4-2-5-12)16-9-10-3-6-15-8-10/h10H,2-9H2,1H3. The third-order valence-corrected chi connectivity index (χ3v) is 3.61. The Kier molecular flexibility index (Phi) is 3.82. The number of hydrogen-bond donors (Lipinski definition) is 0. The number of ether oxygens (including phenoxy) is 3. The molecule has 0 bridgehead atoms. The highest BCUT2D eigenvalue weighted by Crippen LogP contribution is 2.39. The quantitative estimate of drug-likeness (QED) is 0.669. The molecule has 4 nitrogen and oxygen atoms in total. The fourth-order valence-corrected chi connectivity index (χ4v) is 2.29. The van der Waals surface area contributed by atoms with Crippen molar-refractivity contribution < 1.29 is 19.0 Å². The van der Waals surface area contributed by atoms with Crippen molar-refractivity contribution in [3.63, 3.8) is 0 Å². The molecular weight excluding hydrogens is 208 g/mol. The molecule has 0 aromatic carbocycles. The Morgan fingerprint density at radius 2 is 2.31 bits per heavy atom. The fraction of sp³-hybridized carbons (Fsp3) is 0.917. The van der Waals surface area contributed by atoms with E-state index in [1.54, 1.807) is 0 Å². The molecule has 0 N–H and O–H groups in total. The molecule has 1 unspecified atom stereocenters. The maximum atomic E-state index is 11.3. The molecule has 2 aliphatic rings. The van der Waals surface area contributed by atoms with Crippen LogP contribution in [0.15, 0.2) is 0 Å². The zero-order chi connectivity index (χ0) is 11.4. The van der Waals surface area contributed by atoms with Gasteiger partial charge in [-0.3, -0.25) is 4.79 Å². The molecule has 1 saturated heterocycles. The van der Waals surface area contributed by atoms with Gasteiger partial charge in [-0.1, -0.05) is 0 Å². The number of esters is 1. The molecule has 0 spiro atoms. The average molecular weight is 228 g/mol. The maximum absolute atomic E-state index is 11.3. The van der Waals surface area contributed by atoms with Crippen LogP contribution in [0.1, 0.15) is 32.1 Å². The first-order valence-electron chi connectivity index (χ1n) is 6.03. The number of rotatable bonds is 5. The number of hydrogen-bond acceptors (Lipinski definition) is 4. The molecule has 1 heterocycles. The first-order valence-corrected chi connectivity index (χ1v) is 6.03. The summed E-state index contributed by atoms with van der Waals surface area (Å²) in [6, 6.07) is 0. The minimum atomic E-state index is -0.227. The average Bonchev–Trinajstić information content (AvgIpc) is 2.74. The molecule has 1 aliphatic carbocycles. The zero-order valence-electron chi connectivity index (χ0n) is 9.87. The molecule has 1 saturated carbocycles. The Balaban J connectivity index is 1.77. The summed E-state index contributed by atoms with van der Waals surface area (Å²) in [4.78, 5) is 11.3. The molecule has 16 heavy (non-hydrogen) atoms. The second kappa shape index (κ2) is 5.15. The predicted molar refractivity (Wildman–Crippen MR) is 58.1 cm³/mol.